The molecule has 0 radical (unpaired) electrons. The molecule has 112 valence electrons. The van der Waals surface area contributed by atoms with Gasteiger partial charge in [0.05, 0.1) is 12.1 Å². The molecule has 2 aromatic carbocycles. The van der Waals surface area contributed by atoms with Gasteiger partial charge in [-0.15, -0.1) is 0 Å². The molecule has 4 heteroatoms. The third-order valence-corrected chi connectivity index (χ3v) is 3.38. The van der Waals surface area contributed by atoms with Crippen LogP contribution in [0.1, 0.15) is 12.5 Å². The van der Waals surface area contributed by atoms with E-state index in [1.165, 1.54) is 4.57 Å². The fourth-order valence-electron chi connectivity index (χ4n) is 2.29. The molecule has 1 heterocycles. The van der Waals surface area contributed by atoms with Gasteiger partial charge in [-0.25, -0.2) is 4.79 Å². The minimum absolute atomic E-state index is 0.350. The molecule has 3 aromatic rings. The lowest BCUT2D eigenvalue weighted by Crippen LogP contribution is -2.12. The number of rotatable bonds is 4. The Hall–Kier alpha value is -2.75. The maximum Gasteiger partial charge on any atom is 0.418 e. The first-order chi connectivity index (χ1) is 10.8. The fourth-order valence-corrected chi connectivity index (χ4v) is 2.29. The normalized spacial score (nSPS) is 10.6. The smallest absolute Gasteiger partial charge is 0.418 e. The van der Waals surface area contributed by atoms with Crippen molar-refractivity contribution >= 4 is 17.0 Å². The molecule has 22 heavy (non-hydrogen) atoms. The maximum absolute atomic E-state index is 11.9. The third kappa shape index (κ3) is 2.96. The lowest BCUT2D eigenvalue weighted by molar-refractivity contribution is 0.155. The van der Waals surface area contributed by atoms with Gasteiger partial charge < -0.3 is 9.47 Å². The summed E-state index contributed by atoms with van der Waals surface area (Å²) < 4.78 is 12.3. The van der Waals surface area contributed by atoms with Crippen LogP contribution in [0.3, 0.4) is 0 Å². The highest BCUT2D eigenvalue weighted by molar-refractivity contribution is 5.90. The highest BCUT2D eigenvalue weighted by Crippen LogP contribution is 2.23. The number of hydrogen-bond donors (Lipinski definition) is 0. The predicted molar refractivity (Wildman–Crippen MR) is 85.1 cm³/mol. The minimum atomic E-state index is -0.377. The second kappa shape index (κ2) is 6.35. The average molecular weight is 295 g/mol. The minimum Gasteiger partial charge on any atom is -0.489 e. The fraction of sp³-hybridized carbons (Fsp3) is 0.167. The van der Waals surface area contributed by atoms with Crippen molar-refractivity contribution in [2.24, 2.45) is 0 Å². The van der Waals surface area contributed by atoms with E-state index in [-0.39, 0.29) is 6.09 Å². The molecule has 0 saturated carbocycles. The lowest BCUT2D eigenvalue weighted by Gasteiger charge is -2.08. The Morgan fingerprint density at radius 1 is 1.09 bits per heavy atom. The summed E-state index contributed by atoms with van der Waals surface area (Å²) in [6, 6.07) is 17.5. The summed E-state index contributed by atoms with van der Waals surface area (Å²) in [5, 5.41) is 0.972. The zero-order valence-electron chi connectivity index (χ0n) is 12.4. The molecule has 0 aliphatic heterocycles. The molecule has 0 amide bonds. The van der Waals surface area contributed by atoms with Crippen LogP contribution in [0.25, 0.3) is 10.9 Å². The van der Waals surface area contributed by atoms with Gasteiger partial charge in [-0.05, 0) is 30.7 Å². The molecule has 0 unspecified atom stereocenters. The summed E-state index contributed by atoms with van der Waals surface area (Å²) >= 11 is 0. The molecular formula is C18H17NO3. The molecule has 4 nitrogen and oxygen atoms in total. The van der Waals surface area contributed by atoms with E-state index in [1.54, 1.807) is 13.1 Å². The molecular weight excluding hydrogens is 278 g/mol. The van der Waals surface area contributed by atoms with Crippen LogP contribution in [0.4, 0.5) is 4.79 Å². The highest BCUT2D eigenvalue weighted by atomic mass is 16.5. The van der Waals surface area contributed by atoms with Gasteiger partial charge in [0.25, 0.3) is 0 Å². The molecule has 0 fully saturated rings. The Morgan fingerprint density at radius 3 is 2.68 bits per heavy atom. The number of ether oxygens (including phenoxy) is 2. The molecule has 0 saturated heterocycles. The van der Waals surface area contributed by atoms with Crippen LogP contribution in [0, 0.1) is 0 Å². The zero-order valence-corrected chi connectivity index (χ0v) is 12.4. The Labute approximate surface area is 128 Å². The Bertz CT molecular complexity index is 777. The summed E-state index contributed by atoms with van der Waals surface area (Å²) in [5.41, 5.74) is 1.88. The maximum atomic E-state index is 11.9. The van der Waals surface area contributed by atoms with Gasteiger partial charge >= 0.3 is 6.09 Å². The second-order valence-corrected chi connectivity index (χ2v) is 4.88. The Morgan fingerprint density at radius 2 is 1.91 bits per heavy atom. The van der Waals surface area contributed by atoms with Crippen LogP contribution < -0.4 is 4.74 Å². The molecule has 0 spiro atoms. The van der Waals surface area contributed by atoms with E-state index >= 15 is 0 Å². The first-order valence-electron chi connectivity index (χ1n) is 7.23. The topological polar surface area (TPSA) is 40.5 Å². The zero-order chi connectivity index (χ0) is 15.4. The molecule has 0 aliphatic carbocycles. The number of nitrogens with zero attached hydrogens (tertiary/aromatic N) is 1. The van der Waals surface area contributed by atoms with Crippen LogP contribution in [0.15, 0.2) is 60.8 Å². The van der Waals surface area contributed by atoms with Crippen LogP contribution in [-0.4, -0.2) is 17.3 Å². The van der Waals surface area contributed by atoms with Crippen molar-refractivity contribution in [2.45, 2.75) is 13.5 Å². The number of hydrogen-bond acceptors (Lipinski definition) is 3. The van der Waals surface area contributed by atoms with Crippen molar-refractivity contribution in [3.63, 3.8) is 0 Å². The van der Waals surface area contributed by atoms with Crippen molar-refractivity contribution in [1.82, 2.24) is 4.57 Å². The number of aromatic nitrogens is 1. The van der Waals surface area contributed by atoms with Crippen molar-refractivity contribution in [3.8, 4) is 5.75 Å². The van der Waals surface area contributed by atoms with E-state index in [1.807, 2.05) is 54.6 Å². The van der Waals surface area contributed by atoms with E-state index < -0.39 is 0 Å². The Kier molecular flexibility index (Phi) is 4.10. The van der Waals surface area contributed by atoms with E-state index in [0.717, 1.165) is 22.2 Å². The second-order valence-electron chi connectivity index (χ2n) is 4.88. The average Bonchev–Trinajstić information content (AvgIpc) is 2.97. The van der Waals surface area contributed by atoms with Gasteiger partial charge in [0.1, 0.15) is 12.4 Å². The summed E-state index contributed by atoms with van der Waals surface area (Å²) in [5.74, 6) is 0.723. The van der Waals surface area contributed by atoms with Crippen molar-refractivity contribution in [1.29, 1.82) is 0 Å². The van der Waals surface area contributed by atoms with Gasteiger partial charge in [0, 0.05) is 17.6 Å². The first-order valence-corrected chi connectivity index (χ1v) is 7.23. The monoisotopic (exact) mass is 295 g/mol. The van der Waals surface area contributed by atoms with Gasteiger partial charge in [-0.2, -0.15) is 0 Å². The SMILES string of the molecule is CCOC(=O)n1ccc2ccc(OCc3ccccc3)cc21. The third-order valence-electron chi connectivity index (χ3n) is 3.38. The summed E-state index contributed by atoms with van der Waals surface area (Å²) in [4.78, 5) is 11.9. The van der Waals surface area contributed by atoms with Gasteiger partial charge in [0.2, 0.25) is 0 Å². The number of benzene rings is 2. The molecule has 0 N–H and O–H groups in total. The van der Waals surface area contributed by atoms with Gasteiger partial charge in [-0.3, -0.25) is 4.57 Å². The molecule has 3 rings (SSSR count). The van der Waals surface area contributed by atoms with Crippen LogP contribution >= 0.6 is 0 Å². The van der Waals surface area contributed by atoms with Crippen LogP contribution in [0.2, 0.25) is 0 Å². The standard InChI is InChI=1S/C18H17NO3/c1-2-21-18(20)19-11-10-15-8-9-16(12-17(15)19)22-13-14-6-4-3-5-7-14/h3-12H,2,13H2,1H3. The van der Waals surface area contributed by atoms with Gasteiger partial charge in [0.15, 0.2) is 0 Å². The summed E-state index contributed by atoms with van der Waals surface area (Å²) in [7, 11) is 0. The number of carbonyl (C=O) groups is 1. The van der Waals surface area contributed by atoms with Gasteiger partial charge in [-0.1, -0.05) is 30.3 Å². The Balaban J connectivity index is 1.82. The van der Waals surface area contributed by atoms with Crippen LogP contribution in [-0.2, 0) is 11.3 Å². The predicted octanol–water partition coefficient (Wildman–Crippen LogP) is 4.22. The van der Waals surface area contributed by atoms with E-state index in [2.05, 4.69) is 0 Å². The molecule has 0 bridgehead atoms. The quantitative estimate of drug-likeness (QED) is 0.723. The van der Waals surface area contributed by atoms with E-state index in [0.29, 0.717) is 13.2 Å². The summed E-state index contributed by atoms with van der Waals surface area (Å²) in [6.45, 7) is 2.63. The lowest BCUT2D eigenvalue weighted by atomic mass is 10.2. The van der Waals surface area contributed by atoms with E-state index in [9.17, 15) is 4.79 Å². The number of fused-ring (bicyclic) bond motifs is 1. The van der Waals surface area contributed by atoms with Crippen LogP contribution in [0.5, 0.6) is 5.75 Å². The highest BCUT2D eigenvalue weighted by Gasteiger charge is 2.10. The van der Waals surface area contributed by atoms with Crippen molar-refractivity contribution < 1.29 is 14.3 Å². The molecule has 0 atom stereocenters. The first kappa shape index (κ1) is 14.2. The number of carbonyl (C=O) groups excluding carboxylic acids is 1. The van der Waals surface area contributed by atoms with Crippen molar-refractivity contribution in [3.05, 3.63) is 66.4 Å². The largest absolute Gasteiger partial charge is 0.489 e. The van der Waals surface area contributed by atoms with E-state index in [4.69, 9.17) is 9.47 Å². The van der Waals surface area contributed by atoms with Crippen molar-refractivity contribution in [2.75, 3.05) is 6.61 Å². The molecule has 1 aromatic heterocycles. The molecule has 0 aliphatic rings. The summed E-state index contributed by atoms with van der Waals surface area (Å²) in [6.07, 6.45) is 1.33.